The molecule has 2 aromatic carbocycles. The number of methoxy groups -OCH3 is 2. The Kier molecular flexibility index (Phi) is 8.97. The van der Waals surface area contributed by atoms with Crippen molar-refractivity contribution >= 4 is 38.4 Å². The Morgan fingerprint density at radius 2 is 1.74 bits per heavy atom. The number of amides is 1. The lowest BCUT2D eigenvalue weighted by atomic mass is 10.1. The minimum absolute atomic E-state index is 0.0313. The van der Waals surface area contributed by atoms with E-state index in [1.165, 1.54) is 39.9 Å². The molecule has 0 radical (unpaired) electrons. The van der Waals surface area contributed by atoms with Crippen LogP contribution in [0.4, 0.5) is 5.13 Å². The van der Waals surface area contributed by atoms with E-state index in [4.69, 9.17) is 14.2 Å². The fraction of sp³-hybridized carbons (Fsp3) is 0.346. The van der Waals surface area contributed by atoms with Crippen molar-refractivity contribution < 1.29 is 32.2 Å². The lowest BCUT2D eigenvalue weighted by Crippen LogP contribution is -2.32. The van der Waals surface area contributed by atoms with Crippen LogP contribution in [0.25, 0.3) is 11.3 Å². The molecule has 1 amide bonds. The van der Waals surface area contributed by atoms with Gasteiger partial charge in [0, 0.05) is 24.0 Å². The van der Waals surface area contributed by atoms with E-state index in [0.29, 0.717) is 35.4 Å². The van der Waals surface area contributed by atoms with E-state index in [0.717, 1.165) is 31.2 Å². The number of rotatable bonds is 9. The van der Waals surface area contributed by atoms with Gasteiger partial charge in [0.15, 0.2) is 23.2 Å². The molecule has 0 bridgehead atoms. The molecule has 1 aliphatic rings. The number of thiazole rings is 1. The SMILES string of the molecule is COc1ccc(-c2csc(NC(=O)COC(=O)c3cccc(S(=O)(=O)N4CCCCCC4)c3)n2)cc1OC. The molecule has 10 nitrogen and oxygen atoms in total. The van der Waals surface area contributed by atoms with Crippen molar-refractivity contribution in [2.75, 3.05) is 39.2 Å². The summed E-state index contributed by atoms with van der Waals surface area (Å²) in [5.74, 6) is -0.219. The largest absolute Gasteiger partial charge is 0.493 e. The fourth-order valence-corrected chi connectivity index (χ4v) is 6.34. The predicted molar refractivity (Wildman–Crippen MR) is 143 cm³/mol. The lowest BCUT2D eigenvalue weighted by molar-refractivity contribution is -0.119. The third-order valence-electron chi connectivity index (χ3n) is 6.04. The quantitative estimate of drug-likeness (QED) is 0.387. The second kappa shape index (κ2) is 12.4. The van der Waals surface area contributed by atoms with Gasteiger partial charge in [-0.25, -0.2) is 18.2 Å². The zero-order chi connectivity index (χ0) is 27.1. The van der Waals surface area contributed by atoms with E-state index < -0.39 is 28.5 Å². The number of sulfonamides is 1. The molecule has 0 unspecified atom stereocenters. The second-order valence-electron chi connectivity index (χ2n) is 8.58. The maximum atomic E-state index is 13.0. The summed E-state index contributed by atoms with van der Waals surface area (Å²) in [6.07, 6.45) is 3.62. The summed E-state index contributed by atoms with van der Waals surface area (Å²) in [4.78, 5) is 29.4. The van der Waals surface area contributed by atoms with Crippen LogP contribution in [0.1, 0.15) is 36.0 Å². The minimum Gasteiger partial charge on any atom is -0.493 e. The fourth-order valence-electron chi connectivity index (χ4n) is 4.04. The lowest BCUT2D eigenvalue weighted by Gasteiger charge is -2.20. The first-order valence-corrected chi connectivity index (χ1v) is 14.4. The molecule has 12 heteroatoms. The molecule has 1 N–H and O–H groups in total. The van der Waals surface area contributed by atoms with Gasteiger partial charge in [0.05, 0.1) is 30.4 Å². The smallest absolute Gasteiger partial charge is 0.338 e. The maximum Gasteiger partial charge on any atom is 0.338 e. The molecule has 1 aromatic heterocycles. The molecule has 4 rings (SSSR count). The number of hydrogen-bond acceptors (Lipinski definition) is 9. The highest BCUT2D eigenvalue weighted by atomic mass is 32.2. The van der Waals surface area contributed by atoms with Crippen LogP contribution < -0.4 is 14.8 Å². The monoisotopic (exact) mass is 559 g/mol. The Hall–Kier alpha value is -3.48. The van der Waals surface area contributed by atoms with E-state index in [1.54, 1.807) is 31.7 Å². The minimum atomic E-state index is -3.72. The van der Waals surface area contributed by atoms with Crippen LogP contribution in [-0.4, -0.2) is 63.5 Å². The summed E-state index contributed by atoms with van der Waals surface area (Å²) < 4.78 is 43.2. The van der Waals surface area contributed by atoms with Crippen molar-refractivity contribution in [1.82, 2.24) is 9.29 Å². The molecular weight excluding hydrogens is 530 g/mol. The summed E-state index contributed by atoms with van der Waals surface area (Å²) in [5.41, 5.74) is 1.46. The van der Waals surface area contributed by atoms with Crippen molar-refractivity contribution in [1.29, 1.82) is 0 Å². The average Bonchev–Trinajstić information content (AvgIpc) is 3.21. The number of nitrogens with zero attached hydrogens (tertiary/aromatic N) is 2. The topological polar surface area (TPSA) is 124 Å². The van der Waals surface area contributed by atoms with E-state index in [1.807, 2.05) is 6.07 Å². The summed E-state index contributed by atoms with van der Waals surface area (Å²) in [5, 5.41) is 4.72. The molecule has 0 aliphatic carbocycles. The zero-order valence-electron chi connectivity index (χ0n) is 21.1. The van der Waals surface area contributed by atoms with Gasteiger partial charge < -0.3 is 14.2 Å². The number of ether oxygens (including phenoxy) is 3. The molecule has 1 saturated heterocycles. The van der Waals surface area contributed by atoms with Crippen molar-refractivity contribution in [3.05, 3.63) is 53.4 Å². The van der Waals surface area contributed by atoms with Gasteiger partial charge in [0.2, 0.25) is 10.0 Å². The summed E-state index contributed by atoms with van der Waals surface area (Å²) >= 11 is 1.22. The first kappa shape index (κ1) is 27.6. The van der Waals surface area contributed by atoms with Crippen LogP contribution >= 0.6 is 11.3 Å². The number of nitrogens with one attached hydrogen (secondary N) is 1. The Morgan fingerprint density at radius 1 is 1.00 bits per heavy atom. The number of aromatic nitrogens is 1. The molecule has 0 saturated carbocycles. The first-order valence-electron chi connectivity index (χ1n) is 12.1. The van der Waals surface area contributed by atoms with Gasteiger partial charge >= 0.3 is 5.97 Å². The number of carbonyl (C=O) groups excluding carboxylic acids is 2. The highest BCUT2D eigenvalue weighted by Gasteiger charge is 2.26. The number of esters is 1. The van der Waals surface area contributed by atoms with Crippen LogP contribution in [-0.2, 0) is 19.6 Å². The van der Waals surface area contributed by atoms with Gasteiger partial charge in [-0.15, -0.1) is 11.3 Å². The van der Waals surface area contributed by atoms with Gasteiger partial charge in [-0.2, -0.15) is 4.31 Å². The van der Waals surface area contributed by atoms with Crippen molar-refractivity contribution in [2.45, 2.75) is 30.6 Å². The molecule has 38 heavy (non-hydrogen) atoms. The number of hydrogen-bond donors (Lipinski definition) is 1. The molecule has 0 spiro atoms. The van der Waals surface area contributed by atoms with Crippen molar-refractivity contribution in [3.63, 3.8) is 0 Å². The molecule has 1 aliphatic heterocycles. The third kappa shape index (κ3) is 6.50. The number of carbonyl (C=O) groups is 2. The predicted octanol–water partition coefficient (Wildman–Crippen LogP) is 4.19. The Balaban J connectivity index is 1.35. The van der Waals surface area contributed by atoms with Gasteiger partial charge in [-0.1, -0.05) is 18.9 Å². The van der Waals surface area contributed by atoms with Gasteiger partial charge in [0.1, 0.15) is 0 Å². The van der Waals surface area contributed by atoms with Crippen LogP contribution in [0, 0.1) is 0 Å². The maximum absolute atomic E-state index is 13.0. The first-order chi connectivity index (χ1) is 18.3. The van der Waals surface area contributed by atoms with Crippen LogP contribution in [0.3, 0.4) is 0 Å². The average molecular weight is 560 g/mol. The Labute approximate surface area is 225 Å². The number of anilines is 1. The highest BCUT2D eigenvalue weighted by Crippen LogP contribution is 2.33. The summed E-state index contributed by atoms with van der Waals surface area (Å²) in [7, 11) is -0.624. The summed E-state index contributed by atoms with van der Waals surface area (Å²) in [6, 6.07) is 11.1. The van der Waals surface area contributed by atoms with E-state index in [-0.39, 0.29) is 10.5 Å². The Morgan fingerprint density at radius 3 is 2.45 bits per heavy atom. The molecule has 2 heterocycles. The van der Waals surface area contributed by atoms with E-state index in [2.05, 4.69) is 10.3 Å². The van der Waals surface area contributed by atoms with Gasteiger partial charge in [0.25, 0.3) is 5.91 Å². The van der Waals surface area contributed by atoms with Gasteiger partial charge in [-0.3, -0.25) is 10.1 Å². The van der Waals surface area contributed by atoms with Gasteiger partial charge in [-0.05, 0) is 49.2 Å². The molecule has 0 atom stereocenters. The second-order valence-corrected chi connectivity index (χ2v) is 11.4. The standard InChI is InChI=1S/C26H29N3O7S2/c1-34-22-11-10-18(15-23(22)35-2)21-17-37-26(27-21)28-24(30)16-36-25(31)19-8-7-9-20(14-19)38(32,33)29-12-5-3-4-6-13-29/h7-11,14-15,17H,3-6,12-13,16H2,1-2H3,(H,27,28,30). The third-order valence-corrected chi connectivity index (χ3v) is 8.69. The summed E-state index contributed by atoms with van der Waals surface area (Å²) in [6.45, 7) is 0.372. The van der Waals surface area contributed by atoms with E-state index >= 15 is 0 Å². The van der Waals surface area contributed by atoms with Crippen LogP contribution in [0.5, 0.6) is 11.5 Å². The van der Waals surface area contributed by atoms with E-state index in [9.17, 15) is 18.0 Å². The normalized spacial score (nSPS) is 14.4. The van der Waals surface area contributed by atoms with Crippen LogP contribution in [0.2, 0.25) is 0 Å². The molecule has 3 aromatic rings. The van der Waals surface area contributed by atoms with Crippen molar-refractivity contribution in [3.8, 4) is 22.8 Å². The number of benzene rings is 2. The van der Waals surface area contributed by atoms with Crippen molar-refractivity contribution in [2.24, 2.45) is 0 Å². The molecule has 1 fully saturated rings. The molecular formula is C26H29N3O7S2. The molecule has 202 valence electrons. The Bertz CT molecular complexity index is 1400. The zero-order valence-corrected chi connectivity index (χ0v) is 22.8. The highest BCUT2D eigenvalue weighted by molar-refractivity contribution is 7.89. The van der Waals surface area contributed by atoms with Crippen LogP contribution in [0.15, 0.2) is 52.7 Å².